The Labute approximate surface area is 159 Å². The van der Waals surface area contributed by atoms with Gasteiger partial charge in [0.1, 0.15) is 0 Å². The van der Waals surface area contributed by atoms with Gasteiger partial charge < -0.3 is 5.32 Å². The molecule has 1 aromatic heterocycles. The van der Waals surface area contributed by atoms with Gasteiger partial charge in [-0.1, -0.05) is 48.5 Å². The molecule has 1 aliphatic heterocycles. The molecule has 0 bridgehead atoms. The molecule has 0 unspecified atom stereocenters. The molecule has 128 valence electrons. The minimum Gasteiger partial charge on any atom is -0.314 e. The number of thiophene rings is 1. The van der Waals surface area contributed by atoms with Gasteiger partial charge in [-0.05, 0) is 27.8 Å². The number of hydrogen-bond acceptors (Lipinski definition) is 3. The van der Waals surface area contributed by atoms with Gasteiger partial charge in [-0.3, -0.25) is 4.90 Å². The zero-order valence-electron chi connectivity index (χ0n) is 13.4. The van der Waals surface area contributed by atoms with Crippen molar-refractivity contribution in [2.75, 3.05) is 26.2 Å². The van der Waals surface area contributed by atoms with E-state index in [-0.39, 0.29) is 24.8 Å². The van der Waals surface area contributed by atoms with Crippen LogP contribution in [0.1, 0.15) is 16.5 Å². The summed E-state index contributed by atoms with van der Waals surface area (Å²) >= 11 is 1.87. The molecule has 24 heavy (non-hydrogen) atoms. The van der Waals surface area contributed by atoms with E-state index in [2.05, 4.69) is 70.2 Å². The fourth-order valence-electron chi connectivity index (χ4n) is 3.41. The predicted molar refractivity (Wildman–Crippen MR) is 109 cm³/mol. The van der Waals surface area contributed by atoms with Gasteiger partial charge in [0.25, 0.3) is 0 Å². The molecule has 0 spiro atoms. The van der Waals surface area contributed by atoms with Crippen molar-refractivity contribution in [2.45, 2.75) is 6.04 Å². The van der Waals surface area contributed by atoms with Crippen LogP contribution in [0.4, 0.5) is 0 Å². The zero-order chi connectivity index (χ0) is 14.8. The van der Waals surface area contributed by atoms with Crippen molar-refractivity contribution in [3.63, 3.8) is 0 Å². The van der Waals surface area contributed by atoms with Crippen molar-refractivity contribution in [2.24, 2.45) is 0 Å². The van der Waals surface area contributed by atoms with E-state index in [1.165, 1.54) is 21.2 Å². The van der Waals surface area contributed by atoms with Crippen LogP contribution < -0.4 is 5.32 Å². The number of rotatable bonds is 3. The maximum absolute atomic E-state index is 3.47. The van der Waals surface area contributed by atoms with Gasteiger partial charge in [0.15, 0.2) is 0 Å². The van der Waals surface area contributed by atoms with Crippen LogP contribution in [-0.4, -0.2) is 31.1 Å². The van der Waals surface area contributed by atoms with Crippen molar-refractivity contribution >= 4 is 46.9 Å². The summed E-state index contributed by atoms with van der Waals surface area (Å²) < 4.78 is 0. The number of benzene rings is 2. The molecule has 1 aliphatic rings. The van der Waals surface area contributed by atoms with E-state index in [1.807, 2.05) is 11.3 Å². The molecule has 0 aliphatic carbocycles. The highest BCUT2D eigenvalue weighted by Crippen LogP contribution is 2.35. The number of nitrogens with one attached hydrogen (secondary N) is 1. The molecule has 0 saturated carbocycles. The summed E-state index contributed by atoms with van der Waals surface area (Å²) in [5, 5.41) is 8.36. The molecule has 0 radical (unpaired) electrons. The standard InChI is InChI=1S/C19H20N2S.2ClH/c1-2-7-16-15(5-1)6-3-8-17(16)19(18-9-4-14-22-18)21-12-10-20-11-13-21;;/h1-9,14,19-20H,10-13H2;2*1H/t19-;;/m1../s1. The van der Waals surface area contributed by atoms with E-state index in [4.69, 9.17) is 0 Å². The maximum Gasteiger partial charge on any atom is 0.0702 e. The van der Waals surface area contributed by atoms with Crippen molar-refractivity contribution in [3.05, 3.63) is 70.4 Å². The lowest BCUT2D eigenvalue weighted by molar-refractivity contribution is 0.201. The van der Waals surface area contributed by atoms with Crippen molar-refractivity contribution in [1.82, 2.24) is 10.2 Å². The monoisotopic (exact) mass is 380 g/mol. The summed E-state index contributed by atoms with van der Waals surface area (Å²) in [6.45, 7) is 4.36. The summed E-state index contributed by atoms with van der Waals surface area (Å²) in [6, 6.07) is 20.3. The molecule has 1 saturated heterocycles. The lowest BCUT2D eigenvalue weighted by Gasteiger charge is -2.35. The Kier molecular flexibility index (Phi) is 7.08. The highest BCUT2D eigenvalue weighted by atomic mass is 35.5. The quantitative estimate of drug-likeness (QED) is 0.705. The second-order valence-corrected chi connectivity index (χ2v) is 6.75. The molecule has 3 aromatic rings. The number of halogens is 2. The Morgan fingerprint density at radius 1 is 0.875 bits per heavy atom. The summed E-state index contributed by atoms with van der Waals surface area (Å²) in [5.74, 6) is 0. The average Bonchev–Trinajstić information content (AvgIpc) is 3.11. The molecule has 1 fully saturated rings. The Hall–Kier alpha value is -1.10. The van der Waals surface area contributed by atoms with Crippen molar-refractivity contribution in [1.29, 1.82) is 0 Å². The van der Waals surface area contributed by atoms with Gasteiger partial charge in [-0.15, -0.1) is 36.2 Å². The van der Waals surface area contributed by atoms with Gasteiger partial charge in [0.05, 0.1) is 6.04 Å². The minimum absolute atomic E-state index is 0. The third-order valence-electron chi connectivity index (χ3n) is 4.45. The molecule has 2 heterocycles. The fourth-order valence-corrected chi connectivity index (χ4v) is 4.28. The summed E-state index contributed by atoms with van der Waals surface area (Å²) in [7, 11) is 0. The molecule has 5 heteroatoms. The molecular weight excluding hydrogens is 359 g/mol. The molecule has 1 N–H and O–H groups in total. The van der Waals surface area contributed by atoms with E-state index in [0.29, 0.717) is 6.04 Å². The van der Waals surface area contributed by atoms with Crippen LogP contribution in [-0.2, 0) is 0 Å². The fraction of sp³-hybridized carbons (Fsp3) is 0.263. The molecule has 1 atom stereocenters. The largest absolute Gasteiger partial charge is 0.314 e. The number of hydrogen-bond donors (Lipinski definition) is 1. The first kappa shape index (κ1) is 19.2. The third-order valence-corrected chi connectivity index (χ3v) is 5.37. The number of fused-ring (bicyclic) bond motifs is 1. The van der Waals surface area contributed by atoms with E-state index >= 15 is 0 Å². The normalized spacial score (nSPS) is 16.2. The molecule has 2 aromatic carbocycles. The van der Waals surface area contributed by atoms with Gasteiger partial charge in [0, 0.05) is 31.1 Å². The first-order valence-electron chi connectivity index (χ1n) is 7.89. The van der Waals surface area contributed by atoms with Crippen LogP contribution in [0.3, 0.4) is 0 Å². The van der Waals surface area contributed by atoms with Crippen LogP contribution in [0.15, 0.2) is 60.0 Å². The minimum atomic E-state index is 0. The van der Waals surface area contributed by atoms with Crippen LogP contribution >= 0.6 is 36.2 Å². The highest BCUT2D eigenvalue weighted by Gasteiger charge is 2.25. The lowest BCUT2D eigenvalue weighted by atomic mass is 9.96. The Morgan fingerprint density at radius 2 is 1.62 bits per heavy atom. The topological polar surface area (TPSA) is 15.3 Å². The van der Waals surface area contributed by atoms with E-state index in [1.54, 1.807) is 0 Å². The third kappa shape index (κ3) is 3.76. The maximum atomic E-state index is 3.47. The predicted octanol–water partition coefficient (Wildman–Crippen LogP) is 4.74. The second kappa shape index (κ2) is 8.84. The smallest absolute Gasteiger partial charge is 0.0702 e. The van der Waals surface area contributed by atoms with Gasteiger partial charge in [0.2, 0.25) is 0 Å². The SMILES string of the molecule is Cl.Cl.c1csc([C@@H](c2cccc3ccccc23)N2CCNCC2)c1. The zero-order valence-corrected chi connectivity index (χ0v) is 15.8. The van der Waals surface area contributed by atoms with Gasteiger partial charge in [-0.2, -0.15) is 0 Å². The van der Waals surface area contributed by atoms with Crippen molar-refractivity contribution in [3.8, 4) is 0 Å². The molecule has 4 rings (SSSR count). The van der Waals surface area contributed by atoms with E-state index in [0.717, 1.165) is 26.2 Å². The Bertz CT molecular complexity index is 750. The molecule has 0 amide bonds. The Balaban J connectivity index is 0.00000104. The highest BCUT2D eigenvalue weighted by molar-refractivity contribution is 7.10. The summed E-state index contributed by atoms with van der Waals surface area (Å²) in [6.07, 6.45) is 0. The van der Waals surface area contributed by atoms with Crippen LogP contribution in [0.25, 0.3) is 10.8 Å². The number of nitrogens with zero attached hydrogens (tertiary/aromatic N) is 1. The van der Waals surface area contributed by atoms with Crippen LogP contribution in [0.5, 0.6) is 0 Å². The number of piperazine rings is 1. The second-order valence-electron chi connectivity index (χ2n) is 5.77. The lowest BCUT2D eigenvalue weighted by Crippen LogP contribution is -2.45. The van der Waals surface area contributed by atoms with E-state index in [9.17, 15) is 0 Å². The van der Waals surface area contributed by atoms with Crippen molar-refractivity contribution < 1.29 is 0 Å². The first-order valence-corrected chi connectivity index (χ1v) is 8.77. The Morgan fingerprint density at radius 3 is 2.38 bits per heavy atom. The summed E-state index contributed by atoms with van der Waals surface area (Å²) in [4.78, 5) is 4.06. The van der Waals surface area contributed by atoms with Crippen LogP contribution in [0, 0.1) is 0 Å². The average molecular weight is 381 g/mol. The van der Waals surface area contributed by atoms with E-state index < -0.39 is 0 Å². The van der Waals surface area contributed by atoms with Gasteiger partial charge >= 0.3 is 0 Å². The van der Waals surface area contributed by atoms with Gasteiger partial charge in [-0.25, -0.2) is 0 Å². The molecular formula is C19H22Cl2N2S. The summed E-state index contributed by atoms with van der Waals surface area (Å²) in [5.41, 5.74) is 1.43. The first-order chi connectivity index (χ1) is 10.9. The van der Waals surface area contributed by atoms with Crippen LogP contribution in [0.2, 0.25) is 0 Å². The molecule has 2 nitrogen and oxygen atoms in total.